The van der Waals surface area contributed by atoms with Gasteiger partial charge in [0.1, 0.15) is 17.6 Å². The number of hydrogen-bond acceptors (Lipinski definition) is 7. The number of aromatic nitrogens is 3. The van der Waals surface area contributed by atoms with E-state index < -0.39 is 6.04 Å². The number of anilines is 2. The van der Waals surface area contributed by atoms with Crippen molar-refractivity contribution in [1.29, 1.82) is 0 Å². The maximum Gasteiger partial charge on any atom is 0.242 e. The average molecular weight is 553 g/mol. The highest BCUT2D eigenvalue weighted by Gasteiger charge is 2.22. The first-order chi connectivity index (χ1) is 18.3. The van der Waals surface area contributed by atoms with Gasteiger partial charge in [-0.15, -0.1) is 0 Å². The van der Waals surface area contributed by atoms with Gasteiger partial charge in [0, 0.05) is 36.2 Å². The van der Waals surface area contributed by atoms with Crippen LogP contribution in [0.2, 0.25) is 10.0 Å². The zero-order chi connectivity index (χ0) is 27.1. The van der Waals surface area contributed by atoms with E-state index >= 15 is 0 Å². The second kappa shape index (κ2) is 12.8. The molecule has 8 nitrogen and oxygen atoms in total. The van der Waals surface area contributed by atoms with Crippen molar-refractivity contribution >= 4 is 40.9 Å². The fourth-order valence-electron chi connectivity index (χ4n) is 3.92. The summed E-state index contributed by atoms with van der Waals surface area (Å²) in [5, 5.41) is 7.67. The second-order valence-electron chi connectivity index (χ2n) is 9.46. The number of nitrogens with one attached hydrogen (secondary N) is 2. The number of rotatable bonds is 11. The van der Waals surface area contributed by atoms with E-state index in [1.807, 2.05) is 48.3 Å². The largest absolute Gasteiger partial charge is 0.442 e. The number of carbonyl (C=O) groups excluding carboxylic acids is 1. The molecule has 1 amide bonds. The summed E-state index contributed by atoms with van der Waals surface area (Å²) >= 11 is 12.1. The average Bonchev–Trinajstić information content (AvgIpc) is 3.43. The van der Waals surface area contributed by atoms with Crippen LogP contribution in [-0.2, 0) is 17.9 Å². The molecular formula is C28H30Cl2N6O2. The molecular weight excluding hydrogens is 523 g/mol. The number of hydrogen-bond donors (Lipinski definition) is 2. The van der Waals surface area contributed by atoms with E-state index in [0.717, 1.165) is 11.1 Å². The molecule has 0 saturated heterocycles. The SMILES string of the molecule is CC(C)C[C@@H](Nc1cc(-c2cnco2)nc(N(C)Cc2cccc(Cl)c2)n1)C(=O)NCc1ccc(Cl)cc1. The lowest BCUT2D eigenvalue weighted by atomic mass is 10.0. The Hall–Kier alpha value is -3.62. The normalized spacial score (nSPS) is 11.8. The molecule has 4 aromatic rings. The van der Waals surface area contributed by atoms with Gasteiger partial charge in [-0.3, -0.25) is 4.79 Å². The molecule has 0 radical (unpaired) electrons. The van der Waals surface area contributed by atoms with E-state index in [-0.39, 0.29) is 11.8 Å². The van der Waals surface area contributed by atoms with Gasteiger partial charge in [-0.2, -0.15) is 4.98 Å². The van der Waals surface area contributed by atoms with Crippen LogP contribution in [0.4, 0.5) is 11.8 Å². The number of oxazole rings is 1. The van der Waals surface area contributed by atoms with Crippen LogP contribution >= 0.6 is 23.2 Å². The van der Waals surface area contributed by atoms with Crippen molar-refractivity contribution in [2.45, 2.75) is 39.4 Å². The highest BCUT2D eigenvalue weighted by atomic mass is 35.5. The third kappa shape index (κ3) is 7.69. The number of carbonyl (C=O) groups is 1. The van der Waals surface area contributed by atoms with Gasteiger partial charge in [0.15, 0.2) is 12.2 Å². The molecule has 2 aromatic carbocycles. The fraction of sp³-hybridized carbons (Fsp3) is 0.286. The van der Waals surface area contributed by atoms with Crippen molar-refractivity contribution in [3.05, 3.63) is 88.4 Å². The van der Waals surface area contributed by atoms with Crippen LogP contribution in [0.25, 0.3) is 11.5 Å². The van der Waals surface area contributed by atoms with Crippen LogP contribution in [0.15, 0.2) is 71.6 Å². The summed E-state index contributed by atoms with van der Waals surface area (Å²) in [6.07, 6.45) is 3.56. The predicted octanol–water partition coefficient (Wildman–Crippen LogP) is 6.22. The highest BCUT2D eigenvalue weighted by Crippen LogP contribution is 2.25. The number of halogens is 2. The van der Waals surface area contributed by atoms with E-state index in [4.69, 9.17) is 32.6 Å². The molecule has 0 spiro atoms. The van der Waals surface area contributed by atoms with Crippen LogP contribution < -0.4 is 15.5 Å². The van der Waals surface area contributed by atoms with Crippen molar-refractivity contribution in [1.82, 2.24) is 20.3 Å². The molecule has 0 bridgehead atoms. The maximum absolute atomic E-state index is 13.2. The molecule has 0 aliphatic heterocycles. The van der Waals surface area contributed by atoms with Crippen molar-refractivity contribution < 1.29 is 9.21 Å². The quantitative estimate of drug-likeness (QED) is 0.228. The third-order valence-electron chi connectivity index (χ3n) is 5.78. The van der Waals surface area contributed by atoms with E-state index in [2.05, 4.69) is 34.4 Å². The first-order valence-corrected chi connectivity index (χ1v) is 13.0. The minimum absolute atomic E-state index is 0.123. The number of amides is 1. The summed E-state index contributed by atoms with van der Waals surface area (Å²) in [7, 11) is 1.90. The van der Waals surface area contributed by atoms with Crippen LogP contribution in [0.5, 0.6) is 0 Å². The molecule has 10 heteroatoms. The van der Waals surface area contributed by atoms with E-state index in [1.54, 1.807) is 24.4 Å². The van der Waals surface area contributed by atoms with Crippen molar-refractivity contribution in [2.75, 3.05) is 17.3 Å². The first kappa shape index (κ1) is 27.4. The Morgan fingerprint density at radius 3 is 2.50 bits per heavy atom. The summed E-state index contributed by atoms with van der Waals surface area (Å²) in [5.74, 6) is 1.62. The Labute approximate surface area is 232 Å². The Morgan fingerprint density at radius 2 is 1.82 bits per heavy atom. The molecule has 0 aliphatic rings. The summed E-state index contributed by atoms with van der Waals surface area (Å²) in [5.41, 5.74) is 2.53. The smallest absolute Gasteiger partial charge is 0.242 e. The number of benzene rings is 2. The van der Waals surface area contributed by atoms with Gasteiger partial charge in [-0.1, -0.05) is 61.3 Å². The van der Waals surface area contributed by atoms with E-state index in [9.17, 15) is 4.79 Å². The molecule has 0 saturated carbocycles. The third-order valence-corrected chi connectivity index (χ3v) is 6.26. The molecule has 1 atom stereocenters. The summed E-state index contributed by atoms with van der Waals surface area (Å²) in [6.45, 7) is 5.08. The summed E-state index contributed by atoms with van der Waals surface area (Å²) in [6, 6.07) is 16.3. The Morgan fingerprint density at radius 1 is 1.03 bits per heavy atom. The minimum atomic E-state index is -0.508. The molecule has 38 heavy (non-hydrogen) atoms. The van der Waals surface area contributed by atoms with E-state index in [0.29, 0.717) is 52.8 Å². The molecule has 0 aliphatic carbocycles. The topological polar surface area (TPSA) is 96.2 Å². The van der Waals surface area contributed by atoms with Crippen molar-refractivity contribution in [2.24, 2.45) is 5.92 Å². The number of nitrogens with zero attached hydrogens (tertiary/aromatic N) is 4. The molecule has 0 fully saturated rings. The van der Waals surface area contributed by atoms with Gasteiger partial charge in [-0.05, 0) is 47.7 Å². The van der Waals surface area contributed by atoms with Crippen LogP contribution in [0.3, 0.4) is 0 Å². The highest BCUT2D eigenvalue weighted by molar-refractivity contribution is 6.30. The molecule has 198 valence electrons. The zero-order valence-corrected chi connectivity index (χ0v) is 23.0. The monoisotopic (exact) mass is 552 g/mol. The van der Waals surface area contributed by atoms with Gasteiger partial charge < -0.3 is 20.0 Å². The standard InChI is InChI=1S/C28H30Cl2N6O2/c1-18(2)11-24(27(37)32-14-19-7-9-21(29)10-8-19)33-26-13-23(25-15-31-17-38-25)34-28(35-26)36(3)16-20-5-4-6-22(30)12-20/h4-10,12-13,15,17-18,24H,11,14,16H2,1-3H3,(H,32,37)(H,33,34,35)/t24-/m1/s1. The zero-order valence-electron chi connectivity index (χ0n) is 21.5. The van der Waals surface area contributed by atoms with Gasteiger partial charge in [-0.25, -0.2) is 9.97 Å². The lowest BCUT2D eigenvalue weighted by Gasteiger charge is -2.23. The second-order valence-corrected chi connectivity index (χ2v) is 10.3. The Bertz CT molecular complexity index is 1350. The fourth-order valence-corrected chi connectivity index (χ4v) is 4.26. The lowest BCUT2D eigenvalue weighted by Crippen LogP contribution is -2.40. The Kier molecular flexibility index (Phi) is 9.20. The maximum atomic E-state index is 13.2. The van der Waals surface area contributed by atoms with E-state index in [1.165, 1.54) is 6.39 Å². The molecule has 2 heterocycles. The van der Waals surface area contributed by atoms with Crippen LogP contribution in [0.1, 0.15) is 31.4 Å². The Balaban J connectivity index is 1.57. The molecule has 0 unspecified atom stereocenters. The van der Waals surface area contributed by atoms with Crippen molar-refractivity contribution in [3.8, 4) is 11.5 Å². The summed E-state index contributed by atoms with van der Waals surface area (Å²) in [4.78, 5) is 28.6. The van der Waals surface area contributed by atoms with Crippen molar-refractivity contribution in [3.63, 3.8) is 0 Å². The van der Waals surface area contributed by atoms with Crippen LogP contribution in [-0.4, -0.2) is 33.9 Å². The van der Waals surface area contributed by atoms with Crippen LogP contribution in [0, 0.1) is 5.92 Å². The van der Waals surface area contributed by atoms with Gasteiger partial charge in [0.2, 0.25) is 11.9 Å². The van der Waals surface area contributed by atoms with Gasteiger partial charge in [0.05, 0.1) is 6.20 Å². The first-order valence-electron chi connectivity index (χ1n) is 12.3. The minimum Gasteiger partial charge on any atom is -0.442 e. The molecule has 2 N–H and O–H groups in total. The van der Waals surface area contributed by atoms with Gasteiger partial charge in [0.25, 0.3) is 0 Å². The molecule has 4 rings (SSSR count). The van der Waals surface area contributed by atoms with Gasteiger partial charge >= 0.3 is 0 Å². The molecule has 2 aromatic heterocycles. The summed E-state index contributed by atoms with van der Waals surface area (Å²) < 4.78 is 5.50. The lowest BCUT2D eigenvalue weighted by molar-refractivity contribution is -0.122. The predicted molar refractivity (Wildman–Crippen MR) is 151 cm³/mol.